The van der Waals surface area contributed by atoms with E-state index in [4.69, 9.17) is 4.74 Å². The molecule has 0 bridgehead atoms. The lowest BCUT2D eigenvalue weighted by Gasteiger charge is -2.09. The van der Waals surface area contributed by atoms with Crippen LogP contribution in [-0.4, -0.2) is 45.0 Å². The van der Waals surface area contributed by atoms with Gasteiger partial charge in [0.05, 0.1) is 17.8 Å². The lowest BCUT2D eigenvalue weighted by molar-refractivity contribution is 0.241. The number of carbonyl (C=O) groups excluding carboxylic acids is 1. The van der Waals surface area contributed by atoms with Gasteiger partial charge in [-0.2, -0.15) is 0 Å². The Morgan fingerprint density at radius 2 is 1.70 bits per heavy atom. The minimum atomic E-state index is -3.54. The molecular weight excluding hydrogens is 402 g/mol. The van der Waals surface area contributed by atoms with Crippen LogP contribution in [0.15, 0.2) is 53.4 Å². The van der Waals surface area contributed by atoms with Gasteiger partial charge in [-0.1, -0.05) is 30.3 Å². The van der Waals surface area contributed by atoms with E-state index in [0.29, 0.717) is 28.9 Å². The van der Waals surface area contributed by atoms with Crippen molar-refractivity contribution >= 4 is 26.8 Å². The van der Waals surface area contributed by atoms with Crippen molar-refractivity contribution in [2.75, 3.05) is 26.0 Å². The van der Waals surface area contributed by atoms with E-state index in [1.54, 1.807) is 14.0 Å². The lowest BCUT2D eigenvalue weighted by atomic mass is 10.1. The number of ether oxygens (including phenoxy) is 1. The van der Waals surface area contributed by atoms with E-state index in [0.717, 1.165) is 16.8 Å². The average molecular weight is 430 g/mol. The van der Waals surface area contributed by atoms with E-state index in [1.165, 1.54) is 0 Å². The molecule has 7 nitrogen and oxygen atoms in total. The van der Waals surface area contributed by atoms with Crippen LogP contribution in [0.2, 0.25) is 0 Å². The minimum Gasteiger partial charge on any atom is -0.497 e. The van der Waals surface area contributed by atoms with Gasteiger partial charge in [0.15, 0.2) is 9.84 Å². The third-order valence-electron chi connectivity index (χ3n) is 5.17. The smallest absolute Gasteiger partial charge is 0.314 e. The molecule has 1 heterocycles. The Kier molecular flexibility index (Phi) is 6.66. The van der Waals surface area contributed by atoms with Gasteiger partial charge < -0.3 is 19.9 Å². The zero-order chi connectivity index (χ0) is 21.7. The molecule has 0 atom stereocenters. The van der Waals surface area contributed by atoms with Gasteiger partial charge in [-0.25, -0.2) is 13.2 Å². The summed E-state index contributed by atoms with van der Waals surface area (Å²) < 4.78 is 32.8. The average Bonchev–Trinajstić information content (AvgIpc) is 2.99. The van der Waals surface area contributed by atoms with Crippen LogP contribution in [0, 0.1) is 6.92 Å². The van der Waals surface area contributed by atoms with Crippen LogP contribution in [0.25, 0.3) is 10.9 Å². The first kappa shape index (κ1) is 21.7. The van der Waals surface area contributed by atoms with E-state index < -0.39 is 9.84 Å². The highest BCUT2D eigenvalue weighted by molar-refractivity contribution is 7.91. The summed E-state index contributed by atoms with van der Waals surface area (Å²) in [5.74, 6) is 0.625. The Labute approximate surface area is 177 Å². The van der Waals surface area contributed by atoms with Crippen molar-refractivity contribution in [1.82, 2.24) is 15.2 Å². The topological polar surface area (TPSA) is 89.4 Å². The van der Waals surface area contributed by atoms with Crippen LogP contribution in [-0.2, 0) is 23.3 Å². The SMILES string of the molecule is COc1ccc(CCNC(=O)NCCS(=O)(=O)c2c(C)n(C)c3ccccc23)cc1. The Morgan fingerprint density at radius 3 is 2.40 bits per heavy atom. The van der Waals surface area contributed by atoms with Crippen molar-refractivity contribution in [2.24, 2.45) is 7.05 Å². The number of nitrogens with zero attached hydrogens (tertiary/aromatic N) is 1. The molecule has 0 radical (unpaired) electrons. The van der Waals surface area contributed by atoms with Crippen LogP contribution in [0.1, 0.15) is 11.3 Å². The van der Waals surface area contributed by atoms with E-state index in [9.17, 15) is 13.2 Å². The van der Waals surface area contributed by atoms with Gasteiger partial charge in [-0.3, -0.25) is 0 Å². The zero-order valence-corrected chi connectivity index (χ0v) is 18.3. The number of aryl methyl sites for hydroxylation is 1. The van der Waals surface area contributed by atoms with Crippen molar-refractivity contribution in [3.05, 3.63) is 59.8 Å². The lowest BCUT2D eigenvalue weighted by Crippen LogP contribution is -2.38. The number of nitrogens with one attached hydrogen (secondary N) is 2. The molecule has 8 heteroatoms. The number of aromatic nitrogens is 1. The minimum absolute atomic E-state index is 0.0410. The highest BCUT2D eigenvalue weighted by Crippen LogP contribution is 2.29. The van der Waals surface area contributed by atoms with Crippen LogP contribution in [0.5, 0.6) is 5.75 Å². The van der Waals surface area contributed by atoms with Gasteiger partial charge in [0.2, 0.25) is 0 Å². The molecular formula is C22H27N3O4S. The zero-order valence-electron chi connectivity index (χ0n) is 17.4. The number of benzene rings is 2. The van der Waals surface area contributed by atoms with Gasteiger partial charge in [0, 0.05) is 36.7 Å². The summed E-state index contributed by atoms with van der Waals surface area (Å²) in [7, 11) is -0.0715. The molecule has 0 spiro atoms. The third kappa shape index (κ3) is 4.76. The van der Waals surface area contributed by atoms with Gasteiger partial charge in [0.1, 0.15) is 5.75 Å². The standard InChI is InChI=1S/C22H27N3O4S/c1-16-21(19-6-4-5-7-20(19)25(16)2)30(27,28)15-14-24-22(26)23-13-12-17-8-10-18(29-3)11-9-17/h4-11H,12-15H2,1-3H3,(H2,23,24,26). The predicted octanol–water partition coefficient (Wildman–Crippen LogP) is 2.81. The van der Waals surface area contributed by atoms with Crippen LogP contribution in [0.4, 0.5) is 4.79 Å². The van der Waals surface area contributed by atoms with E-state index in [-0.39, 0.29) is 18.3 Å². The second kappa shape index (κ2) is 9.21. The fourth-order valence-corrected chi connectivity index (χ4v) is 5.12. The number of para-hydroxylation sites is 1. The molecule has 3 rings (SSSR count). The molecule has 2 amide bonds. The fourth-order valence-electron chi connectivity index (χ4n) is 3.45. The number of amides is 2. The first-order chi connectivity index (χ1) is 14.3. The molecule has 160 valence electrons. The summed E-state index contributed by atoms with van der Waals surface area (Å²) in [4.78, 5) is 12.3. The van der Waals surface area contributed by atoms with E-state index in [2.05, 4.69) is 10.6 Å². The molecule has 2 N–H and O–H groups in total. The van der Waals surface area contributed by atoms with Crippen molar-refractivity contribution < 1.29 is 17.9 Å². The predicted molar refractivity (Wildman–Crippen MR) is 118 cm³/mol. The number of carbonyl (C=O) groups is 1. The largest absolute Gasteiger partial charge is 0.497 e. The first-order valence-corrected chi connectivity index (χ1v) is 11.4. The number of methoxy groups -OCH3 is 1. The highest BCUT2D eigenvalue weighted by atomic mass is 32.2. The molecule has 0 unspecified atom stereocenters. The molecule has 2 aromatic carbocycles. The molecule has 0 aliphatic heterocycles. The number of hydrogen-bond acceptors (Lipinski definition) is 4. The van der Waals surface area contributed by atoms with Crippen molar-refractivity contribution in [3.8, 4) is 5.75 Å². The third-order valence-corrected chi connectivity index (χ3v) is 7.05. The first-order valence-electron chi connectivity index (χ1n) is 9.75. The number of urea groups is 1. The van der Waals surface area contributed by atoms with Gasteiger partial charge in [-0.05, 0) is 37.1 Å². The van der Waals surface area contributed by atoms with Gasteiger partial charge in [-0.15, -0.1) is 0 Å². The number of hydrogen-bond donors (Lipinski definition) is 2. The van der Waals surface area contributed by atoms with E-state index >= 15 is 0 Å². The molecule has 0 saturated carbocycles. The molecule has 1 aromatic heterocycles. The Morgan fingerprint density at radius 1 is 1.03 bits per heavy atom. The monoisotopic (exact) mass is 429 g/mol. The molecule has 0 aliphatic rings. The quantitative estimate of drug-likeness (QED) is 0.576. The maximum atomic E-state index is 12.9. The molecule has 30 heavy (non-hydrogen) atoms. The Bertz CT molecular complexity index is 1140. The maximum Gasteiger partial charge on any atom is 0.314 e. The number of fused-ring (bicyclic) bond motifs is 1. The Hall–Kier alpha value is -3.00. The van der Waals surface area contributed by atoms with Crippen LogP contribution < -0.4 is 15.4 Å². The number of sulfone groups is 1. The highest BCUT2D eigenvalue weighted by Gasteiger charge is 2.23. The second-order valence-electron chi connectivity index (χ2n) is 7.09. The normalized spacial score (nSPS) is 11.4. The molecule has 0 aliphatic carbocycles. The summed E-state index contributed by atoms with van der Waals surface area (Å²) >= 11 is 0. The molecule has 0 fully saturated rings. The maximum absolute atomic E-state index is 12.9. The number of rotatable bonds is 8. The van der Waals surface area contributed by atoms with Crippen LogP contribution in [0.3, 0.4) is 0 Å². The summed E-state index contributed by atoms with van der Waals surface area (Å²) in [5.41, 5.74) is 2.64. The molecule has 0 saturated heterocycles. The fraction of sp³-hybridized carbons (Fsp3) is 0.318. The van der Waals surface area contributed by atoms with E-state index in [1.807, 2.05) is 60.1 Å². The van der Waals surface area contributed by atoms with Crippen molar-refractivity contribution in [3.63, 3.8) is 0 Å². The summed E-state index contributed by atoms with van der Waals surface area (Å²) in [6.07, 6.45) is 0.672. The van der Waals surface area contributed by atoms with Crippen molar-refractivity contribution in [1.29, 1.82) is 0 Å². The summed E-state index contributed by atoms with van der Waals surface area (Å²) in [6.45, 7) is 2.29. The second-order valence-corrected chi connectivity index (χ2v) is 9.14. The molecule has 3 aromatic rings. The summed E-state index contributed by atoms with van der Waals surface area (Å²) in [5, 5.41) is 6.09. The summed E-state index contributed by atoms with van der Waals surface area (Å²) in [6, 6.07) is 14.7. The van der Waals surface area contributed by atoms with Crippen molar-refractivity contribution in [2.45, 2.75) is 18.2 Å². The van der Waals surface area contributed by atoms with Gasteiger partial charge >= 0.3 is 6.03 Å². The van der Waals surface area contributed by atoms with Crippen LogP contribution >= 0.6 is 0 Å². The van der Waals surface area contributed by atoms with Gasteiger partial charge in [0.25, 0.3) is 0 Å². The Balaban J connectivity index is 1.52.